The molecule has 1 heterocycles. The zero-order valence-corrected chi connectivity index (χ0v) is 11.4. The number of nitro benzene ring substituents is 1. The van der Waals surface area contributed by atoms with E-state index in [2.05, 4.69) is 15.5 Å². The van der Waals surface area contributed by atoms with Gasteiger partial charge in [0, 0.05) is 30.2 Å². The summed E-state index contributed by atoms with van der Waals surface area (Å²) >= 11 is 0. The highest BCUT2D eigenvalue weighted by molar-refractivity contribution is 5.94. The molecule has 0 bridgehead atoms. The fourth-order valence-corrected chi connectivity index (χ4v) is 1.65. The van der Waals surface area contributed by atoms with Crippen LogP contribution in [0.3, 0.4) is 0 Å². The maximum atomic E-state index is 11.7. The lowest BCUT2D eigenvalue weighted by Crippen LogP contribution is -2.17. The molecule has 0 fully saturated rings. The third-order valence-electron chi connectivity index (χ3n) is 2.68. The molecule has 0 radical (unpaired) electrons. The average Bonchev–Trinajstić information content (AvgIpc) is 2.55. The average molecular weight is 296 g/mol. The van der Waals surface area contributed by atoms with Crippen LogP contribution in [-0.4, -0.2) is 22.0 Å². The van der Waals surface area contributed by atoms with Gasteiger partial charge in [0.15, 0.2) is 0 Å². The van der Waals surface area contributed by atoms with Crippen molar-refractivity contribution in [3.05, 3.63) is 76.1 Å². The molecule has 0 aliphatic heterocycles. The molecule has 1 aromatic heterocycles. The Balaban J connectivity index is 1.96. The van der Waals surface area contributed by atoms with Gasteiger partial charge in [-0.15, -0.1) is 0 Å². The van der Waals surface area contributed by atoms with Crippen molar-refractivity contribution in [2.24, 2.45) is 5.10 Å². The summed E-state index contributed by atoms with van der Waals surface area (Å²) in [5.41, 5.74) is 3.25. The van der Waals surface area contributed by atoms with Gasteiger partial charge in [0.2, 0.25) is 0 Å². The van der Waals surface area contributed by atoms with Gasteiger partial charge in [-0.3, -0.25) is 19.9 Å². The van der Waals surface area contributed by atoms with Gasteiger partial charge in [0.25, 0.3) is 11.6 Å². The van der Waals surface area contributed by atoms with Crippen molar-refractivity contribution < 1.29 is 9.72 Å². The number of aromatic nitrogens is 1. The molecule has 1 N–H and O–H groups in total. The Morgan fingerprint density at radius 2 is 1.95 bits per heavy atom. The van der Waals surface area contributed by atoms with Crippen molar-refractivity contribution in [2.45, 2.75) is 0 Å². The summed E-state index contributed by atoms with van der Waals surface area (Å²) in [5.74, 6) is -0.363. The van der Waals surface area contributed by atoms with E-state index in [-0.39, 0.29) is 11.6 Å². The second kappa shape index (κ2) is 7.44. The molecule has 7 nitrogen and oxygen atoms in total. The number of nitrogens with zero attached hydrogens (tertiary/aromatic N) is 3. The van der Waals surface area contributed by atoms with Crippen molar-refractivity contribution in [1.29, 1.82) is 0 Å². The predicted octanol–water partition coefficient (Wildman–Crippen LogP) is 2.42. The van der Waals surface area contributed by atoms with Crippen LogP contribution in [0.15, 0.2) is 60.0 Å². The lowest BCUT2D eigenvalue weighted by Gasteiger charge is -1.97. The summed E-state index contributed by atoms with van der Waals surface area (Å²) in [5, 5.41) is 14.6. The highest BCUT2D eigenvalue weighted by Crippen LogP contribution is 2.18. The lowest BCUT2D eigenvalue weighted by molar-refractivity contribution is -0.385. The van der Waals surface area contributed by atoms with E-state index in [0.29, 0.717) is 11.1 Å². The Morgan fingerprint density at radius 1 is 1.23 bits per heavy atom. The minimum Gasteiger partial charge on any atom is -0.267 e. The highest BCUT2D eigenvalue weighted by Gasteiger charge is 2.08. The van der Waals surface area contributed by atoms with Gasteiger partial charge >= 0.3 is 0 Å². The van der Waals surface area contributed by atoms with E-state index in [0.717, 1.165) is 0 Å². The van der Waals surface area contributed by atoms with E-state index < -0.39 is 4.92 Å². The van der Waals surface area contributed by atoms with E-state index in [1.807, 2.05) is 0 Å². The first-order chi connectivity index (χ1) is 10.7. The first-order valence-corrected chi connectivity index (χ1v) is 6.32. The van der Waals surface area contributed by atoms with Crippen LogP contribution in [0, 0.1) is 10.1 Å². The molecule has 0 atom stereocenters. The number of hydrogen-bond donors (Lipinski definition) is 1. The summed E-state index contributed by atoms with van der Waals surface area (Å²) in [7, 11) is 0. The fraction of sp³-hybridized carbons (Fsp3) is 0. The topological polar surface area (TPSA) is 97.5 Å². The SMILES string of the molecule is O=C(NN=C/C=C\c1ccccc1[N+](=O)[O-])c1ccncc1. The Morgan fingerprint density at radius 3 is 2.68 bits per heavy atom. The second-order valence-electron chi connectivity index (χ2n) is 4.13. The summed E-state index contributed by atoms with van der Waals surface area (Å²) in [6.07, 6.45) is 7.41. The largest absolute Gasteiger partial charge is 0.276 e. The molecular weight excluding hydrogens is 284 g/mol. The predicted molar refractivity (Wildman–Crippen MR) is 82.3 cm³/mol. The number of nitro groups is 1. The molecule has 1 aromatic carbocycles. The fourth-order valence-electron chi connectivity index (χ4n) is 1.65. The van der Waals surface area contributed by atoms with Gasteiger partial charge in [-0.05, 0) is 30.4 Å². The number of pyridine rings is 1. The summed E-state index contributed by atoms with van der Waals surface area (Å²) in [4.78, 5) is 25.8. The molecular formula is C15H12N4O3. The zero-order chi connectivity index (χ0) is 15.8. The van der Waals surface area contributed by atoms with Crippen molar-refractivity contribution in [3.8, 4) is 0 Å². The molecule has 7 heteroatoms. The summed E-state index contributed by atoms with van der Waals surface area (Å²) < 4.78 is 0. The van der Waals surface area contributed by atoms with Crippen molar-refractivity contribution >= 4 is 23.9 Å². The van der Waals surface area contributed by atoms with E-state index in [9.17, 15) is 14.9 Å². The number of rotatable bonds is 5. The summed E-state index contributed by atoms with van der Waals surface area (Å²) in [6, 6.07) is 9.47. The lowest BCUT2D eigenvalue weighted by atomic mass is 10.2. The molecule has 0 unspecified atom stereocenters. The molecule has 0 spiro atoms. The molecule has 1 amide bonds. The van der Waals surface area contributed by atoms with Crippen LogP contribution in [0.25, 0.3) is 6.08 Å². The molecule has 0 saturated heterocycles. The van der Waals surface area contributed by atoms with Gasteiger partial charge in [-0.2, -0.15) is 5.10 Å². The quantitative estimate of drug-likeness (QED) is 0.520. The molecule has 2 aromatic rings. The molecule has 0 saturated carbocycles. The number of benzene rings is 1. The van der Waals surface area contributed by atoms with Crippen LogP contribution in [0.1, 0.15) is 15.9 Å². The first kappa shape index (κ1) is 15.0. The third-order valence-corrected chi connectivity index (χ3v) is 2.68. The molecule has 22 heavy (non-hydrogen) atoms. The number of allylic oxidation sites excluding steroid dienone is 1. The molecule has 0 aliphatic carbocycles. The summed E-state index contributed by atoms with van der Waals surface area (Å²) in [6.45, 7) is 0. The van der Waals surface area contributed by atoms with Crippen LogP contribution in [0.5, 0.6) is 0 Å². The van der Waals surface area contributed by atoms with Crippen molar-refractivity contribution in [3.63, 3.8) is 0 Å². The molecule has 0 aliphatic rings. The minimum atomic E-state index is -0.456. The standard InChI is InChI=1S/C15H12N4O3/c20-15(13-7-10-16-11-8-13)18-17-9-3-5-12-4-1-2-6-14(12)19(21)22/h1-11H,(H,18,20)/b5-3-,17-9?. The normalized spacial score (nSPS) is 10.9. The number of carbonyl (C=O) groups excluding carboxylic acids is 1. The van der Waals surface area contributed by atoms with Crippen LogP contribution < -0.4 is 5.43 Å². The van der Waals surface area contributed by atoms with Gasteiger partial charge in [-0.1, -0.05) is 12.1 Å². The number of amides is 1. The monoisotopic (exact) mass is 296 g/mol. The van der Waals surface area contributed by atoms with Gasteiger partial charge in [-0.25, -0.2) is 5.43 Å². The maximum Gasteiger partial charge on any atom is 0.276 e. The van der Waals surface area contributed by atoms with Gasteiger partial charge < -0.3 is 0 Å². The van der Waals surface area contributed by atoms with Crippen LogP contribution in [-0.2, 0) is 0 Å². The molecule has 110 valence electrons. The minimum absolute atomic E-state index is 0.00738. The van der Waals surface area contributed by atoms with Crippen molar-refractivity contribution in [1.82, 2.24) is 10.4 Å². The number of para-hydroxylation sites is 1. The molecule has 2 rings (SSSR count). The third kappa shape index (κ3) is 4.07. The zero-order valence-electron chi connectivity index (χ0n) is 11.4. The smallest absolute Gasteiger partial charge is 0.267 e. The van der Waals surface area contributed by atoms with E-state index in [1.165, 1.54) is 30.8 Å². The van der Waals surface area contributed by atoms with E-state index in [4.69, 9.17) is 0 Å². The highest BCUT2D eigenvalue weighted by atomic mass is 16.6. The van der Waals surface area contributed by atoms with Crippen molar-refractivity contribution in [2.75, 3.05) is 0 Å². The Kier molecular flexibility index (Phi) is 5.09. The van der Waals surface area contributed by atoms with Crippen LogP contribution in [0.2, 0.25) is 0 Å². The Hall–Kier alpha value is -3.35. The number of carbonyl (C=O) groups is 1. The number of nitrogens with one attached hydrogen (secondary N) is 1. The van der Waals surface area contributed by atoms with E-state index >= 15 is 0 Å². The number of hydrogen-bond acceptors (Lipinski definition) is 5. The van der Waals surface area contributed by atoms with Crippen LogP contribution in [0.4, 0.5) is 5.69 Å². The second-order valence-corrected chi connectivity index (χ2v) is 4.13. The maximum absolute atomic E-state index is 11.7. The van der Waals surface area contributed by atoms with Gasteiger partial charge in [0.05, 0.1) is 10.5 Å². The van der Waals surface area contributed by atoms with E-state index in [1.54, 1.807) is 36.4 Å². The van der Waals surface area contributed by atoms with Gasteiger partial charge in [0.1, 0.15) is 0 Å². The first-order valence-electron chi connectivity index (χ1n) is 6.32. The number of hydrazone groups is 1. The Bertz CT molecular complexity index is 727. The Labute approximate surface area is 126 Å². The van der Waals surface area contributed by atoms with Crippen LogP contribution >= 0.6 is 0 Å².